The maximum absolute atomic E-state index is 6.25. The summed E-state index contributed by atoms with van der Waals surface area (Å²) in [6, 6.07) is 8.84. The van der Waals surface area contributed by atoms with Crippen LogP contribution in [-0.2, 0) is 0 Å². The van der Waals surface area contributed by atoms with E-state index in [4.69, 9.17) is 5.73 Å². The van der Waals surface area contributed by atoms with E-state index < -0.39 is 0 Å². The Morgan fingerprint density at radius 2 is 1.84 bits per heavy atom. The summed E-state index contributed by atoms with van der Waals surface area (Å²) in [7, 11) is 0. The van der Waals surface area contributed by atoms with Gasteiger partial charge < -0.3 is 10.6 Å². The molecule has 0 bridgehead atoms. The highest BCUT2D eigenvalue weighted by molar-refractivity contribution is 5.55. The van der Waals surface area contributed by atoms with E-state index in [1.807, 2.05) is 0 Å². The van der Waals surface area contributed by atoms with E-state index in [2.05, 4.69) is 49.9 Å². The fourth-order valence-electron chi connectivity index (χ4n) is 3.12. The molecule has 19 heavy (non-hydrogen) atoms. The first-order valence-corrected chi connectivity index (χ1v) is 7.73. The molecule has 1 aromatic carbocycles. The lowest BCUT2D eigenvalue weighted by atomic mass is 9.86. The Kier molecular flexibility index (Phi) is 4.87. The minimum Gasteiger partial charge on any atom is -0.371 e. The van der Waals surface area contributed by atoms with Gasteiger partial charge in [-0.1, -0.05) is 39.0 Å². The molecule has 106 valence electrons. The number of para-hydroxylation sites is 1. The Hall–Kier alpha value is -1.02. The highest BCUT2D eigenvalue weighted by Gasteiger charge is 2.23. The molecule has 0 unspecified atom stereocenters. The van der Waals surface area contributed by atoms with Crippen molar-refractivity contribution in [1.82, 2.24) is 0 Å². The Balaban J connectivity index is 2.11. The average Bonchev–Trinajstić information content (AvgIpc) is 2.46. The third-order valence-electron chi connectivity index (χ3n) is 4.60. The van der Waals surface area contributed by atoms with Crippen molar-refractivity contribution in [3.05, 3.63) is 29.8 Å². The van der Waals surface area contributed by atoms with Gasteiger partial charge in [0.05, 0.1) is 0 Å². The van der Waals surface area contributed by atoms with Crippen molar-refractivity contribution >= 4 is 5.69 Å². The molecule has 0 spiro atoms. The monoisotopic (exact) mass is 260 g/mol. The molecule has 1 aliphatic rings. The second-order valence-corrected chi connectivity index (χ2v) is 6.14. The van der Waals surface area contributed by atoms with E-state index in [0.29, 0.717) is 0 Å². The van der Waals surface area contributed by atoms with Crippen molar-refractivity contribution in [3.63, 3.8) is 0 Å². The summed E-state index contributed by atoms with van der Waals surface area (Å²) in [6.45, 7) is 9.21. The largest absolute Gasteiger partial charge is 0.371 e. The average molecular weight is 260 g/mol. The molecular formula is C17H28N2. The number of rotatable bonds is 4. The second-order valence-electron chi connectivity index (χ2n) is 6.14. The van der Waals surface area contributed by atoms with Gasteiger partial charge in [0.1, 0.15) is 0 Å². The van der Waals surface area contributed by atoms with Gasteiger partial charge in [-0.3, -0.25) is 0 Å². The van der Waals surface area contributed by atoms with Crippen LogP contribution in [0.1, 0.15) is 51.6 Å². The Morgan fingerprint density at radius 3 is 2.42 bits per heavy atom. The number of nitrogens with two attached hydrogens (primary N) is 1. The van der Waals surface area contributed by atoms with Gasteiger partial charge in [0, 0.05) is 24.8 Å². The zero-order valence-electron chi connectivity index (χ0n) is 12.6. The molecule has 1 heterocycles. The number of piperidine rings is 1. The van der Waals surface area contributed by atoms with Crippen LogP contribution >= 0.6 is 0 Å². The van der Waals surface area contributed by atoms with Gasteiger partial charge in [-0.2, -0.15) is 0 Å². The quantitative estimate of drug-likeness (QED) is 0.887. The lowest BCUT2D eigenvalue weighted by Crippen LogP contribution is -2.36. The predicted octanol–water partition coefficient (Wildman–Crippen LogP) is 3.97. The summed E-state index contributed by atoms with van der Waals surface area (Å²) < 4.78 is 0. The molecule has 2 N–H and O–H groups in total. The molecule has 0 amide bonds. The van der Waals surface area contributed by atoms with Crippen LogP contribution in [0.2, 0.25) is 0 Å². The van der Waals surface area contributed by atoms with Gasteiger partial charge in [0.2, 0.25) is 0 Å². The smallest absolute Gasteiger partial charge is 0.0414 e. The fraction of sp³-hybridized carbons (Fsp3) is 0.647. The van der Waals surface area contributed by atoms with E-state index >= 15 is 0 Å². The molecule has 0 aliphatic carbocycles. The summed E-state index contributed by atoms with van der Waals surface area (Å²) in [5, 5.41) is 0. The zero-order valence-corrected chi connectivity index (χ0v) is 12.6. The van der Waals surface area contributed by atoms with Crippen LogP contribution in [0.4, 0.5) is 5.69 Å². The van der Waals surface area contributed by atoms with Crippen molar-refractivity contribution in [2.24, 2.45) is 17.6 Å². The molecule has 2 heteroatoms. The van der Waals surface area contributed by atoms with Crippen LogP contribution < -0.4 is 10.6 Å². The lowest BCUT2D eigenvalue weighted by Gasteiger charge is -2.37. The molecule has 2 rings (SSSR count). The van der Waals surface area contributed by atoms with Crippen LogP contribution in [0.25, 0.3) is 0 Å². The van der Waals surface area contributed by atoms with Gasteiger partial charge >= 0.3 is 0 Å². The molecule has 1 fully saturated rings. The summed E-state index contributed by atoms with van der Waals surface area (Å²) >= 11 is 0. The summed E-state index contributed by atoms with van der Waals surface area (Å²) in [5.41, 5.74) is 8.92. The third-order valence-corrected chi connectivity index (χ3v) is 4.60. The molecule has 1 atom stereocenters. The first kappa shape index (κ1) is 14.4. The highest BCUT2D eigenvalue weighted by atomic mass is 15.1. The minimum absolute atomic E-state index is 0.166. The van der Waals surface area contributed by atoms with E-state index in [1.54, 1.807) is 0 Å². The van der Waals surface area contributed by atoms with Crippen LogP contribution in [0.3, 0.4) is 0 Å². The summed E-state index contributed by atoms with van der Waals surface area (Å²) in [5.74, 6) is 1.71. The number of benzene rings is 1. The van der Waals surface area contributed by atoms with E-state index in [0.717, 1.165) is 18.3 Å². The standard InChI is InChI=1S/C17H28N2/c1-4-16(18)15-7-5-6-8-17(15)19-11-9-14(10-12-19)13(2)3/h5-8,13-14,16H,4,9-12,18H2,1-3H3/t16-/m1/s1. The SMILES string of the molecule is CC[C@@H](N)c1ccccc1N1CCC(C(C)C)CC1. The first-order chi connectivity index (χ1) is 9.13. The maximum Gasteiger partial charge on any atom is 0.0414 e. The van der Waals surface area contributed by atoms with E-state index in [1.165, 1.54) is 37.2 Å². The highest BCUT2D eigenvalue weighted by Crippen LogP contribution is 2.32. The number of nitrogens with zero attached hydrogens (tertiary/aromatic N) is 1. The third kappa shape index (κ3) is 3.30. The topological polar surface area (TPSA) is 29.3 Å². The number of hydrogen-bond acceptors (Lipinski definition) is 2. The minimum atomic E-state index is 0.166. The fourth-order valence-corrected chi connectivity index (χ4v) is 3.12. The number of anilines is 1. The van der Waals surface area contributed by atoms with Crippen molar-refractivity contribution in [2.45, 2.75) is 46.1 Å². The first-order valence-electron chi connectivity index (χ1n) is 7.73. The van der Waals surface area contributed by atoms with Gasteiger partial charge in [-0.15, -0.1) is 0 Å². The van der Waals surface area contributed by atoms with E-state index in [-0.39, 0.29) is 6.04 Å². The molecule has 0 aromatic heterocycles. The second kappa shape index (κ2) is 6.42. The Bertz CT molecular complexity index is 392. The van der Waals surface area contributed by atoms with Crippen molar-refractivity contribution in [1.29, 1.82) is 0 Å². The molecule has 1 aromatic rings. The van der Waals surface area contributed by atoms with Crippen LogP contribution in [0.15, 0.2) is 24.3 Å². The van der Waals surface area contributed by atoms with Gasteiger partial charge in [-0.05, 0) is 42.7 Å². The Labute approximate surface area is 118 Å². The maximum atomic E-state index is 6.25. The van der Waals surface area contributed by atoms with Gasteiger partial charge in [0.25, 0.3) is 0 Å². The molecular weight excluding hydrogens is 232 g/mol. The normalized spacial score (nSPS) is 18.9. The summed E-state index contributed by atoms with van der Waals surface area (Å²) in [4.78, 5) is 2.53. The molecule has 2 nitrogen and oxygen atoms in total. The molecule has 1 saturated heterocycles. The van der Waals surface area contributed by atoms with Crippen LogP contribution in [0.5, 0.6) is 0 Å². The number of hydrogen-bond donors (Lipinski definition) is 1. The summed E-state index contributed by atoms with van der Waals surface area (Å²) in [6.07, 6.45) is 3.63. The molecule has 0 saturated carbocycles. The van der Waals surface area contributed by atoms with Crippen molar-refractivity contribution in [2.75, 3.05) is 18.0 Å². The van der Waals surface area contributed by atoms with Crippen molar-refractivity contribution < 1.29 is 0 Å². The van der Waals surface area contributed by atoms with Gasteiger partial charge in [0.15, 0.2) is 0 Å². The van der Waals surface area contributed by atoms with Crippen LogP contribution in [0, 0.1) is 11.8 Å². The predicted molar refractivity (Wildman–Crippen MR) is 83.4 cm³/mol. The van der Waals surface area contributed by atoms with Gasteiger partial charge in [-0.25, -0.2) is 0 Å². The molecule has 1 aliphatic heterocycles. The van der Waals surface area contributed by atoms with Crippen LogP contribution in [-0.4, -0.2) is 13.1 Å². The van der Waals surface area contributed by atoms with E-state index in [9.17, 15) is 0 Å². The lowest BCUT2D eigenvalue weighted by molar-refractivity contribution is 0.311. The Morgan fingerprint density at radius 1 is 1.21 bits per heavy atom. The molecule has 0 radical (unpaired) electrons. The zero-order chi connectivity index (χ0) is 13.8. The van der Waals surface area contributed by atoms with Crippen molar-refractivity contribution in [3.8, 4) is 0 Å².